The summed E-state index contributed by atoms with van der Waals surface area (Å²) < 4.78 is 29.1. The van der Waals surface area contributed by atoms with Crippen molar-refractivity contribution in [3.8, 4) is 11.1 Å². The Morgan fingerprint density at radius 3 is 2.61 bits per heavy atom. The van der Waals surface area contributed by atoms with Gasteiger partial charge in [-0.2, -0.15) is 4.39 Å². The van der Waals surface area contributed by atoms with Gasteiger partial charge in [-0.15, -0.1) is 0 Å². The Balaban J connectivity index is 1.96. The SMILES string of the molecule is CCC(=O)c1cc(C2(c3cccc(-c4cccnc4F)c3)N=C(N)N(C)C2=O)cn1CCF. The summed E-state index contributed by atoms with van der Waals surface area (Å²) in [5, 5.41) is 0. The van der Waals surface area contributed by atoms with Gasteiger partial charge in [-0.1, -0.05) is 25.1 Å². The fourth-order valence-electron chi connectivity index (χ4n) is 4.10. The molecule has 0 fully saturated rings. The summed E-state index contributed by atoms with van der Waals surface area (Å²) in [6.07, 6.45) is 3.13. The van der Waals surface area contributed by atoms with Gasteiger partial charge in [0.2, 0.25) is 5.95 Å². The molecule has 1 aromatic carbocycles. The first-order valence-corrected chi connectivity index (χ1v) is 10.5. The Bertz CT molecular complexity index is 1270. The summed E-state index contributed by atoms with van der Waals surface area (Å²) in [6.45, 7) is 0.989. The number of carbonyl (C=O) groups is 2. The van der Waals surface area contributed by atoms with E-state index in [1.165, 1.54) is 22.7 Å². The molecule has 1 amide bonds. The van der Waals surface area contributed by atoms with Crippen molar-refractivity contribution < 1.29 is 18.4 Å². The molecule has 0 saturated carbocycles. The molecule has 1 unspecified atom stereocenters. The molecule has 2 aromatic heterocycles. The normalized spacial score (nSPS) is 18.0. The van der Waals surface area contributed by atoms with Crippen LogP contribution >= 0.6 is 0 Å². The Hall–Kier alpha value is -3.88. The standard InChI is InChI=1S/C24H23F2N5O2/c1-3-20(32)19-13-17(14-31(19)11-9-25)24(22(33)30(2)23(27)29-24)16-7-4-6-15(12-16)18-8-5-10-28-21(18)26/h4-8,10,12-14H,3,9,11H2,1-2H3,(H2,27,29). The molecule has 3 aromatic rings. The number of carbonyl (C=O) groups excluding carboxylic acids is 2. The molecule has 7 nitrogen and oxygen atoms in total. The van der Waals surface area contributed by atoms with Gasteiger partial charge in [0.05, 0.1) is 12.2 Å². The smallest absolute Gasteiger partial charge is 0.266 e. The maximum absolute atomic E-state index is 14.4. The first-order chi connectivity index (χ1) is 15.8. The van der Waals surface area contributed by atoms with Crippen LogP contribution in [-0.2, 0) is 16.9 Å². The van der Waals surface area contributed by atoms with Gasteiger partial charge in [-0.25, -0.2) is 14.4 Å². The van der Waals surface area contributed by atoms with E-state index in [1.807, 2.05) is 0 Å². The molecule has 0 saturated heterocycles. The molecule has 170 valence electrons. The third kappa shape index (κ3) is 3.59. The van der Waals surface area contributed by atoms with Crippen LogP contribution in [0.25, 0.3) is 11.1 Å². The van der Waals surface area contributed by atoms with Crippen LogP contribution in [0.3, 0.4) is 0 Å². The predicted octanol–water partition coefficient (Wildman–Crippen LogP) is 3.28. The highest BCUT2D eigenvalue weighted by Crippen LogP contribution is 2.41. The summed E-state index contributed by atoms with van der Waals surface area (Å²) in [6, 6.07) is 11.5. The van der Waals surface area contributed by atoms with Gasteiger partial charge in [0.1, 0.15) is 6.67 Å². The monoisotopic (exact) mass is 451 g/mol. The lowest BCUT2D eigenvalue weighted by atomic mass is 9.83. The highest BCUT2D eigenvalue weighted by molar-refractivity contribution is 6.09. The number of nitrogens with two attached hydrogens (primary N) is 1. The topological polar surface area (TPSA) is 93.6 Å². The molecule has 4 rings (SSSR count). The van der Waals surface area contributed by atoms with Crippen LogP contribution in [0, 0.1) is 5.95 Å². The second-order valence-corrected chi connectivity index (χ2v) is 7.74. The Morgan fingerprint density at radius 1 is 1.18 bits per heavy atom. The zero-order valence-electron chi connectivity index (χ0n) is 18.3. The van der Waals surface area contributed by atoms with Crippen LogP contribution in [0.2, 0.25) is 0 Å². The van der Waals surface area contributed by atoms with Crippen molar-refractivity contribution in [3.63, 3.8) is 0 Å². The molecule has 0 aliphatic carbocycles. The van der Waals surface area contributed by atoms with Crippen LogP contribution in [0.4, 0.5) is 8.78 Å². The van der Waals surface area contributed by atoms with Crippen molar-refractivity contribution in [1.29, 1.82) is 0 Å². The molecule has 1 atom stereocenters. The molecule has 3 heterocycles. The zero-order chi connectivity index (χ0) is 23.8. The van der Waals surface area contributed by atoms with Gasteiger partial charge < -0.3 is 10.3 Å². The number of hydrogen-bond donors (Lipinski definition) is 1. The third-order valence-corrected chi connectivity index (χ3v) is 5.84. The summed E-state index contributed by atoms with van der Waals surface area (Å²) in [5.74, 6) is -1.27. The highest BCUT2D eigenvalue weighted by Gasteiger charge is 2.50. The van der Waals surface area contributed by atoms with E-state index in [0.29, 0.717) is 16.7 Å². The molecule has 9 heteroatoms. The molecular weight excluding hydrogens is 428 g/mol. The minimum Gasteiger partial charge on any atom is -0.369 e. The van der Waals surface area contributed by atoms with Crippen molar-refractivity contribution in [3.05, 3.63) is 77.6 Å². The van der Waals surface area contributed by atoms with E-state index < -0.39 is 24.1 Å². The number of aliphatic imine (C=N–C) groups is 1. The minimum atomic E-state index is -1.60. The number of aromatic nitrogens is 2. The summed E-state index contributed by atoms with van der Waals surface area (Å²) in [4.78, 5) is 35.5. The average molecular weight is 451 g/mol. The largest absolute Gasteiger partial charge is 0.369 e. The number of benzene rings is 1. The van der Waals surface area contributed by atoms with Crippen molar-refractivity contribution >= 4 is 17.6 Å². The van der Waals surface area contributed by atoms with Crippen molar-refractivity contribution in [2.24, 2.45) is 10.7 Å². The second-order valence-electron chi connectivity index (χ2n) is 7.74. The lowest BCUT2D eigenvalue weighted by Crippen LogP contribution is -2.41. The van der Waals surface area contributed by atoms with Crippen LogP contribution < -0.4 is 5.73 Å². The molecule has 1 aliphatic heterocycles. The van der Waals surface area contributed by atoms with Crippen molar-refractivity contribution in [1.82, 2.24) is 14.5 Å². The fraction of sp³-hybridized carbons (Fsp3) is 0.250. The lowest BCUT2D eigenvalue weighted by molar-refractivity contribution is -0.129. The minimum absolute atomic E-state index is 0.000397. The van der Waals surface area contributed by atoms with E-state index in [1.54, 1.807) is 55.6 Å². The van der Waals surface area contributed by atoms with Crippen LogP contribution in [-0.4, -0.2) is 45.8 Å². The Kier molecular flexibility index (Phi) is 5.80. The van der Waals surface area contributed by atoms with Crippen molar-refractivity contribution in [2.75, 3.05) is 13.7 Å². The van der Waals surface area contributed by atoms with Crippen LogP contribution in [0.15, 0.2) is 59.9 Å². The molecular formula is C24H23F2N5O2. The van der Waals surface area contributed by atoms with Gasteiger partial charge in [0, 0.05) is 37.0 Å². The molecule has 0 radical (unpaired) electrons. The first-order valence-electron chi connectivity index (χ1n) is 10.5. The van der Waals surface area contributed by atoms with E-state index >= 15 is 0 Å². The number of nitrogens with zero attached hydrogens (tertiary/aromatic N) is 4. The van der Waals surface area contributed by atoms with Gasteiger partial charge in [0.15, 0.2) is 17.3 Å². The quantitative estimate of drug-likeness (QED) is 0.441. The zero-order valence-corrected chi connectivity index (χ0v) is 18.3. The van der Waals surface area contributed by atoms with Gasteiger partial charge >= 0.3 is 0 Å². The number of aryl methyl sites for hydroxylation is 1. The van der Waals surface area contributed by atoms with Gasteiger partial charge in [0.25, 0.3) is 5.91 Å². The maximum atomic E-state index is 14.4. The Morgan fingerprint density at radius 2 is 1.97 bits per heavy atom. The molecule has 1 aliphatic rings. The summed E-state index contributed by atoms with van der Waals surface area (Å²) in [7, 11) is 1.50. The number of ketones is 1. The fourth-order valence-corrected chi connectivity index (χ4v) is 4.10. The molecule has 33 heavy (non-hydrogen) atoms. The molecule has 0 spiro atoms. The summed E-state index contributed by atoms with van der Waals surface area (Å²) in [5.41, 5.74) is 6.31. The highest BCUT2D eigenvalue weighted by atomic mass is 19.1. The van der Waals surface area contributed by atoms with E-state index in [-0.39, 0.29) is 36.0 Å². The van der Waals surface area contributed by atoms with Crippen LogP contribution in [0.1, 0.15) is 35.0 Å². The second kappa shape index (κ2) is 8.57. The number of rotatable bonds is 7. The maximum Gasteiger partial charge on any atom is 0.266 e. The number of Topliss-reactive ketones (excluding diaryl/α,β-unsaturated/α-hetero) is 1. The van der Waals surface area contributed by atoms with Gasteiger partial charge in [-0.3, -0.25) is 14.5 Å². The van der Waals surface area contributed by atoms with E-state index in [9.17, 15) is 18.4 Å². The predicted molar refractivity (Wildman–Crippen MR) is 120 cm³/mol. The van der Waals surface area contributed by atoms with Crippen molar-refractivity contribution in [2.45, 2.75) is 25.4 Å². The third-order valence-electron chi connectivity index (χ3n) is 5.84. The number of guanidine groups is 1. The van der Waals surface area contributed by atoms with E-state index in [0.717, 1.165) is 0 Å². The van der Waals surface area contributed by atoms with Crippen LogP contribution in [0.5, 0.6) is 0 Å². The molecule has 0 bridgehead atoms. The van der Waals surface area contributed by atoms with E-state index in [4.69, 9.17) is 5.73 Å². The number of pyridine rings is 1. The van der Waals surface area contributed by atoms with Gasteiger partial charge in [-0.05, 0) is 35.4 Å². The number of hydrogen-bond acceptors (Lipinski definition) is 5. The number of halogens is 2. The average Bonchev–Trinajstić information content (AvgIpc) is 3.34. The molecule has 2 N–H and O–H groups in total. The number of likely N-dealkylation sites (N-methyl/N-ethyl adjacent to an activating group) is 1. The first kappa shape index (κ1) is 22.3. The lowest BCUT2D eigenvalue weighted by Gasteiger charge is -2.25. The van der Waals surface area contributed by atoms with E-state index in [2.05, 4.69) is 9.98 Å². The Labute approximate surface area is 189 Å². The summed E-state index contributed by atoms with van der Waals surface area (Å²) >= 11 is 0. The number of amides is 1. The number of alkyl halides is 1.